The lowest BCUT2D eigenvalue weighted by atomic mass is 9.99. The summed E-state index contributed by atoms with van der Waals surface area (Å²) in [7, 11) is 0. The fourth-order valence-corrected chi connectivity index (χ4v) is 5.00. The normalized spacial score (nSPS) is 25.3. The van der Waals surface area contributed by atoms with Gasteiger partial charge < -0.3 is 9.30 Å². The highest BCUT2D eigenvalue weighted by atomic mass is 16.5. The Hall–Kier alpha value is -2.14. The Bertz CT molecular complexity index is 903. The smallest absolute Gasteiger partial charge is 0.344 e. The molecule has 2 aliphatic heterocycles. The fraction of sp³-hybridized carbons (Fsp3) is 0.545. The van der Waals surface area contributed by atoms with Gasteiger partial charge in [-0.2, -0.15) is 0 Å². The highest BCUT2D eigenvalue weighted by Crippen LogP contribution is 2.36. The average Bonchev–Trinajstić information content (AvgIpc) is 2.89. The maximum Gasteiger partial charge on any atom is 0.344 e. The largest absolute Gasteiger partial charge is 0.459 e. The summed E-state index contributed by atoms with van der Waals surface area (Å²) in [5.74, 6) is -0.477. The first kappa shape index (κ1) is 18.2. The van der Waals surface area contributed by atoms with Crippen molar-refractivity contribution in [3.8, 4) is 0 Å². The number of para-hydroxylation sites is 1. The summed E-state index contributed by atoms with van der Waals surface area (Å²) in [5, 5.41) is 0.888. The molecule has 2 fully saturated rings. The van der Waals surface area contributed by atoms with Crippen LogP contribution in [0.3, 0.4) is 0 Å². The van der Waals surface area contributed by atoms with Gasteiger partial charge in [0.2, 0.25) is 0 Å². The molecule has 5 nitrogen and oxygen atoms in total. The molecule has 27 heavy (non-hydrogen) atoms. The Morgan fingerprint density at radius 1 is 1.19 bits per heavy atom. The van der Waals surface area contributed by atoms with Gasteiger partial charge in [0.25, 0.3) is 5.56 Å². The highest BCUT2D eigenvalue weighted by Gasteiger charge is 2.41. The zero-order chi connectivity index (χ0) is 19.1. The van der Waals surface area contributed by atoms with Crippen molar-refractivity contribution in [3.63, 3.8) is 0 Å². The fourth-order valence-electron chi connectivity index (χ4n) is 5.00. The van der Waals surface area contributed by atoms with Crippen molar-refractivity contribution in [2.45, 2.75) is 70.7 Å². The Balaban J connectivity index is 1.62. The van der Waals surface area contributed by atoms with Crippen LogP contribution in [0.1, 0.15) is 62.9 Å². The molecule has 2 atom stereocenters. The van der Waals surface area contributed by atoms with Gasteiger partial charge in [0.1, 0.15) is 11.7 Å². The third-order valence-corrected chi connectivity index (χ3v) is 6.16. The SMILES string of the molecule is CCN1C2CCC1CC(OC(=O)c1cc3ccccc3n(C(C)C)c1=O)C2. The van der Waals surface area contributed by atoms with E-state index in [9.17, 15) is 9.59 Å². The Morgan fingerprint density at radius 3 is 2.48 bits per heavy atom. The van der Waals surface area contributed by atoms with Crippen molar-refractivity contribution in [3.05, 3.63) is 46.2 Å². The summed E-state index contributed by atoms with van der Waals surface area (Å²) < 4.78 is 7.53. The number of rotatable bonds is 4. The van der Waals surface area contributed by atoms with Crippen LogP contribution in [0, 0.1) is 0 Å². The van der Waals surface area contributed by atoms with E-state index < -0.39 is 5.97 Å². The van der Waals surface area contributed by atoms with E-state index in [1.54, 1.807) is 10.6 Å². The van der Waals surface area contributed by atoms with E-state index in [4.69, 9.17) is 4.74 Å². The topological polar surface area (TPSA) is 51.5 Å². The van der Waals surface area contributed by atoms with Gasteiger partial charge >= 0.3 is 5.97 Å². The number of hydrogen-bond donors (Lipinski definition) is 0. The van der Waals surface area contributed by atoms with Crippen molar-refractivity contribution in [2.24, 2.45) is 0 Å². The van der Waals surface area contributed by atoms with Crippen molar-refractivity contribution < 1.29 is 9.53 Å². The van der Waals surface area contributed by atoms with Crippen LogP contribution in [0.2, 0.25) is 0 Å². The third-order valence-electron chi connectivity index (χ3n) is 6.16. The highest BCUT2D eigenvalue weighted by molar-refractivity contribution is 5.94. The van der Waals surface area contributed by atoms with E-state index in [1.807, 2.05) is 38.1 Å². The van der Waals surface area contributed by atoms with Gasteiger partial charge in [-0.15, -0.1) is 0 Å². The number of nitrogens with zero attached hydrogens (tertiary/aromatic N) is 2. The van der Waals surface area contributed by atoms with Crippen molar-refractivity contribution in [1.29, 1.82) is 0 Å². The second-order valence-electron chi connectivity index (χ2n) is 8.10. The minimum Gasteiger partial charge on any atom is -0.459 e. The standard InChI is InChI=1S/C22H28N2O3/c1-4-23-16-9-10-17(23)13-18(12-16)27-22(26)19-11-15-7-5-6-8-20(15)24(14(2)3)21(19)25/h5-8,11,14,16-18H,4,9-10,12-13H2,1-3H3. The van der Waals surface area contributed by atoms with Crippen LogP contribution in [0.4, 0.5) is 0 Å². The third kappa shape index (κ3) is 3.18. The Morgan fingerprint density at radius 2 is 1.85 bits per heavy atom. The lowest BCUT2D eigenvalue weighted by molar-refractivity contribution is -0.00496. The summed E-state index contributed by atoms with van der Waals surface area (Å²) in [5.41, 5.74) is 0.735. The molecular weight excluding hydrogens is 340 g/mol. The molecular formula is C22H28N2O3. The van der Waals surface area contributed by atoms with Gasteiger partial charge in [0.15, 0.2) is 0 Å². The zero-order valence-electron chi connectivity index (χ0n) is 16.4. The minimum absolute atomic E-state index is 0.0289. The van der Waals surface area contributed by atoms with Crippen LogP contribution in [0.5, 0.6) is 0 Å². The number of aromatic nitrogens is 1. The molecule has 2 bridgehead atoms. The van der Waals surface area contributed by atoms with Gasteiger partial charge in [-0.05, 0) is 50.8 Å². The van der Waals surface area contributed by atoms with Crippen molar-refractivity contribution in [2.75, 3.05) is 6.54 Å². The molecule has 0 amide bonds. The van der Waals surface area contributed by atoms with Gasteiger partial charge in [0.05, 0.1) is 5.52 Å². The molecule has 0 radical (unpaired) electrons. The predicted octanol–water partition coefficient (Wildman–Crippen LogP) is 3.75. The van der Waals surface area contributed by atoms with Crippen LogP contribution < -0.4 is 5.56 Å². The second-order valence-corrected chi connectivity index (χ2v) is 8.10. The van der Waals surface area contributed by atoms with Crippen LogP contribution in [-0.4, -0.2) is 40.2 Å². The predicted molar refractivity (Wildman–Crippen MR) is 106 cm³/mol. The molecule has 2 unspecified atom stereocenters. The molecule has 2 saturated heterocycles. The van der Waals surface area contributed by atoms with Crippen molar-refractivity contribution in [1.82, 2.24) is 9.47 Å². The zero-order valence-corrected chi connectivity index (χ0v) is 16.4. The van der Waals surface area contributed by atoms with Crippen LogP contribution in [0.25, 0.3) is 10.9 Å². The van der Waals surface area contributed by atoms with E-state index in [0.29, 0.717) is 12.1 Å². The first-order valence-electron chi connectivity index (χ1n) is 10.1. The number of esters is 1. The lowest BCUT2D eigenvalue weighted by Gasteiger charge is -2.37. The maximum absolute atomic E-state index is 13.0. The number of carbonyl (C=O) groups is 1. The van der Waals surface area contributed by atoms with Crippen LogP contribution in [0.15, 0.2) is 35.1 Å². The molecule has 2 aromatic rings. The number of fused-ring (bicyclic) bond motifs is 3. The number of hydrogen-bond acceptors (Lipinski definition) is 4. The maximum atomic E-state index is 13.0. The second kappa shape index (κ2) is 7.12. The van der Waals surface area contributed by atoms with Crippen LogP contribution >= 0.6 is 0 Å². The van der Waals surface area contributed by atoms with Crippen LogP contribution in [-0.2, 0) is 4.74 Å². The summed E-state index contributed by atoms with van der Waals surface area (Å²) in [6.45, 7) is 7.17. The Labute approximate surface area is 159 Å². The first-order valence-corrected chi connectivity index (χ1v) is 10.1. The molecule has 0 saturated carbocycles. The minimum atomic E-state index is -0.477. The number of pyridine rings is 1. The summed E-state index contributed by atoms with van der Waals surface area (Å²) in [4.78, 5) is 28.4. The molecule has 0 aliphatic carbocycles. The molecule has 4 rings (SSSR count). The van der Waals surface area contributed by atoms with Crippen molar-refractivity contribution >= 4 is 16.9 Å². The molecule has 1 aromatic carbocycles. The summed E-state index contributed by atoms with van der Waals surface area (Å²) >= 11 is 0. The number of carbonyl (C=O) groups excluding carboxylic acids is 1. The quantitative estimate of drug-likeness (QED) is 0.771. The lowest BCUT2D eigenvalue weighted by Crippen LogP contribution is -2.45. The molecule has 5 heteroatoms. The summed E-state index contributed by atoms with van der Waals surface area (Å²) in [6, 6.07) is 10.4. The molecule has 144 valence electrons. The van der Waals surface area contributed by atoms with Gasteiger partial charge in [-0.1, -0.05) is 25.1 Å². The molecule has 0 spiro atoms. The van der Waals surface area contributed by atoms with E-state index >= 15 is 0 Å². The van der Waals surface area contributed by atoms with Gasteiger partial charge in [-0.3, -0.25) is 9.69 Å². The molecule has 2 aliphatic rings. The Kier molecular flexibility index (Phi) is 4.81. The van der Waals surface area contributed by atoms with E-state index in [1.165, 1.54) is 12.8 Å². The first-order chi connectivity index (χ1) is 13.0. The number of piperidine rings is 1. The van der Waals surface area contributed by atoms with E-state index in [2.05, 4.69) is 11.8 Å². The van der Waals surface area contributed by atoms with Gasteiger partial charge in [0, 0.05) is 31.0 Å². The number of ether oxygens (including phenoxy) is 1. The molecule has 3 heterocycles. The van der Waals surface area contributed by atoms with E-state index in [-0.39, 0.29) is 23.3 Å². The number of benzene rings is 1. The van der Waals surface area contributed by atoms with E-state index in [0.717, 1.165) is 30.3 Å². The van der Waals surface area contributed by atoms with Gasteiger partial charge in [-0.25, -0.2) is 4.79 Å². The summed E-state index contributed by atoms with van der Waals surface area (Å²) in [6.07, 6.45) is 4.03. The monoisotopic (exact) mass is 368 g/mol. The molecule has 1 aromatic heterocycles. The molecule has 0 N–H and O–H groups in total. The average molecular weight is 368 g/mol.